The topological polar surface area (TPSA) is 130 Å². The molecule has 1 aliphatic heterocycles. The van der Waals surface area contributed by atoms with E-state index >= 15 is 0 Å². The van der Waals surface area contributed by atoms with E-state index in [2.05, 4.69) is 5.32 Å². The molecule has 0 aliphatic carbocycles. The summed E-state index contributed by atoms with van der Waals surface area (Å²) in [6, 6.07) is 4.06. The fourth-order valence-corrected chi connectivity index (χ4v) is 2.01. The zero-order valence-corrected chi connectivity index (χ0v) is 12.2. The van der Waals surface area contributed by atoms with E-state index in [4.69, 9.17) is 0 Å². The number of nitrogens with zero attached hydrogens (tertiary/aromatic N) is 3. The zero-order chi connectivity index (χ0) is 17.3. The molecular formula is C13H12N4O6. The predicted octanol–water partition coefficient (Wildman–Crippen LogP) is 0.200. The summed E-state index contributed by atoms with van der Waals surface area (Å²) in [6.07, 6.45) is 0. The van der Waals surface area contributed by atoms with Crippen LogP contribution in [0.15, 0.2) is 24.3 Å². The molecule has 0 atom stereocenters. The van der Waals surface area contributed by atoms with Crippen LogP contribution in [0.2, 0.25) is 0 Å². The SMILES string of the molecule is CN1C(=O)C(C(=O)Nc2ccc([N+](=O)[O-])cc2)C(=O)N(C)C1=O. The van der Waals surface area contributed by atoms with Crippen molar-refractivity contribution >= 4 is 35.1 Å². The minimum Gasteiger partial charge on any atom is -0.325 e. The van der Waals surface area contributed by atoms with Gasteiger partial charge in [-0.1, -0.05) is 0 Å². The standard InChI is InChI=1S/C13H12N4O6/c1-15-11(19)9(12(20)16(2)13(15)21)10(18)14-7-3-5-8(6-4-7)17(22)23/h3-6,9H,1-2H3,(H,14,18). The maximum atomic E-state index is 12.2. The Labute approximate surface area is 129 Å². The first kappa shape index (κ1) is 16.1. The number of rotatable bonds is 3. The van der Waals surface area contributed by atoms with Crippen LogP contribution in [0.4, 0.5) is 16.2 Å². The number of benzene rings is 1. The number of imide groups is 2. The second kappa shape index (κ2) is 5.83. The first-order valence-electron chi connectivity index (χ1n) is 6.38. The molecule has 5 amide bonds. The van der Waals surface area contributed by atoms with E-state index < -0.39 is 34.6 Å². The third kappa shape index (κ3) is 2.86. The highest BCUT2D eigenvalue weighted by Crippen LogP contribution is 2.19. The quantitative estimate of drug-likeness (QED) is 0.481. The Kier molecular flexibility index (Phi) is 4.08. The minimum atomic E-state index is -1.68. The summed E-state index contributed by atoms with van der Waals surface area (Å²) in [5, 5.41) is 12.9. The third-order valence-electron chi connectivity index (χ3n) is 3.34. The monoisotopic (exact) mass is 320 g/mol. The molecule has 1 fully saturated rings. The Bertz CT molecular complexity index is 690. The van der Waals surface area contributed by atoms with Crippen molar-refractivity contribution in [2.45, 2.75) is 0 Å². The van der Waals surface area contributed by atoms with E-state index in [0.717, 1.165) is 0 Å². The van der Waals surface area contributed by atoms with Gasteiger partial charge in [0.25, 0.3) is 17.5 Å². The van der Waals surface area contributed by atoms with Crippen LogP contribution in [0, 0.1) is 16.0 Å². The number of anilines is 1. The lowest BCUT2D eigenvalue weighted by Gasteiger charge is -2.31. The summed E-state index contributed by atoms with van der Waals surface area (Å²) in [6.45, 7) is 0. The van der Waals surface area contributed by atoms with Gasteiger partial charge >= 0.3 is 6.03 Å². The summed E-state index contributed by atoms with van der Waals surface area (Å²) in [7, 11) is 2.33. The maximum absolute atomic E-state index is 12.2. The van der Waals surface area contributed by atoms with Crippen LogP contribution in [0.5, 0.6) is 0 Å². The lowest BCUT2D eigenvalue weighted by atomic mass is 10.0. The molecule has 1 heterocycles. The number of amides is 5. The number of urea groups is 1. The third-order valence-corrected chi connectivity index (χ3v) is 3.34. The van der Waals surface area contributed by atoms with Gasteiger partial charge in [0, 0.05) is 31.9 Å². The Morgan fingerprint density at radius 1 is 1.09 bits per heavy atom. The van der Waals surface area contributed by atoms with Crippen LogP contribution < -0.4 is 5.32 Å². The first-order chi connectivity index (χ1) is 10.7. The minimum absolute atomic E-state index is 0.169. The van der Waals surface area contributed by atoms with Crippen molar-refractivity contribution in [3.8, 4) is 0 Å². The Morgan fingerprint density at radius 2 is 1.57 bits per heavy atom. The van der Waals surface area contributed by atoms with Crippen molar-refractivity contribution in [1.29, 1.82) is 0 Å². The Morgan fingerprint density at radius 3 is 2.00 bits per heavy atom. The van der Waals surface area contributed by atoms with Crippen molar-refractivity contribution in [3.63, 3.8) is 0 Å². The molecule has 0 radical (unpaired) electrons. The van der Waals surface area contributed by atoms with Gasteiger partial charge in [-0.3, -0.25) is 34.3 Å². The van der Waals surface area contributed by atoms with Crippen LogP contribution in [0.1, 0.15) is 0 Å². The molecule has 1 aliphatic rings. The lowest BCUT2D eigenvalue weighted by Crippen LogP contribution is -2.59. The van der Waals surface area contributed by atoms with Gasteiger partial charge in [-0.05, 0) is 12.1 Å². The molecule has 0 spiro atoms. The molecule has 0 aromatic heterocycles. The van der Waals surface area contributed by atoms with Gasteiger partial charge in [-0.2, -0.15) is 0 Å². The van der Waals surface area contributed by atoms with Gasteiger partial charge in [0.1, 0.15) is 0 Å². The van der Waals surface area contributed by atoms with Crippen LogP contribution in [-0.4, -0.2) is 52.6 Å². The molecule has 10 heteroatoms. The molecule has 1 saturated heterocycles. The number of carbonyl (C=O) groups is 4. The van der Waals surface area contributed by atoms with Crippen LogP contribution in [0.3, 0.4) is 0 Å². The Hall–Kier alpha value is -3.30. The van der Waals surface area contributed by atoms with E-state index in [0.29, 0.717) is 9.80 Å². The highest BCUT2D eigenvalue weighted by atomic mass is 16.6. The number of non-ortho nitro benzene ring substituents is 1. The van der Waals surface area contributed by atoms with Crippen LogP contribution in [0.25, 0.3) is 0 Å². The fourth-order valence-electron chi connectivity index (χ4n) is 2.01. The molecule has 0 saturated carbocycles. The van der Waals surface area contributed by atoms with Gasteiger partial charge < -0.3 is 5.32 Å². The normalized spacial score (nSPS) is 15.8. The number of carbonyl (C=O) groups excluding carboxylic acids is 4. The van der Waals surface area contributed by atoms with Gasteiger partial charge in [0.2, 0.25) is 5.91 Å². The lowest BCUT2D eigenvalue weighted by molar-refractivity contribution is -0.384. The number of hydrogen-bond acceptors (Lipinski definition) is 6. The molecule has 1 N–H and O–H groups in total. The van der Waals surface area contributed by atoms with Gasteiger partial charge in [0.15, 0.2) is 5.92 Å². The molecule has 1 aromatic carbocycles. The Balaban J connectivity index is 2.19. The van der Waals surface area contributed by atoms with E-state index in [1.807, 2.05) is 0 Å². The molecule has 0 bridgehead atoms. The average Bonchev–Trinajstić information content (AvgIpc) is 2.51. The van der Waals surface area contributed by atoms with Crippen molar-refractivity contribution in [1.82, 2.24) is 9.80 Å². The summed E-state index contributed by atoms with van der Waals surface area (Å²) in [4.78, 5) is 59.0. The molecule has 1 aromatic rings. The van der Waals surface area contributed by atoms with Gasteiger partial charge in [-0.15, -0.1) is 0 Å². The highest BCUT2D eigenvalue weighted by Gasteiger charge is 2.46. The number of barbiturate groups is 1. The van der Waals surface area contributed by atoms with Gasteiger partial charge in [-0.25, -0.2) is 4.79 Å². The van der Waals surface area contributed by atoms with Crippen LogP contribution in [-0.2, 0) is 14.4 Å². The van der Waals surface area contributed by atoms with Crippen molar-refractivity contribution < 1.29 is 24.1 Å². The molecule has 10 nitrogen and oxygen atoms in total. The summed E-state index contributed by atoms with van der Waals surface area (Å²) in [5.74, 6) is -4.46. The second-order valence-corrected chi connectivity index (χ2v) is 4.80. The van der Waals surface area contributed by atoms with Crippen molar-refractivity contribution in [2.75, 3.05) is 19.4 Å². The van der Waals surface area contributed by atoms with E-state index in [1.54, 1.807) is 0 Å². The number of nitro groups is 1. The zero-order valence-electron chi connectivity index (χ0n) is 12.2. The highest BCUT2D eigenvalue weighted by molar-refractivity contribution is 6.27. The van der Waals surface area contributed by atoms with E-state index in [9.17, 15) is 29.3 Å². The predicted molar refractivity (Wildman–Crippen MR) is 76.2 cm³/mol. The molecule has 2 rings (SSSR count). The van der Waals surface area contributed by atoms with E-state index in [1.165, 1.54) is 38.4 Å². The van der Waals surface area contributed by atoms with Crippen LogP contribution >= 0.6 is 0 Å². The van der Waals surface area contributed by atoms with Gasteiger partial charge in [0.05, 0.1) is 4.92 Å². The molecule has 0 unspecified atom stereocenters. The maximum Gasteiger partial charge on any atom is 0.332 e. The molecule has 23 heavy (non-hydrogen) atoms. The molecular weight excluding hydrogens is 308 g/mol. The largest absolute Gasteiger partial charge is 0.332 e. The van der Waals surface area contributed by atoms with Crippen molar-refractivity contribution in [2.24, 2.45) is 5.92 Å². The number of hydrogen-bond donors (Lipinski definition) is 1. The second-order valence-electron chi connectivity index (χ2n) is 4.80. The first-order valence-corrected chi connectivity index (χ1v) is 6.38. The summed E-state index contributed by atoms with van der Waals surface area (Å²) in [5.41, 5.74) is 0.0151. The molecule has 120 valence electrons. The average molecular weight is 320 g/mol. The summed E-state index contributed by atoms with van der Waals surface area (Å²) >= 11 is 0. The number of nitro benzene ring substituents is 1. The smallest absolute Gasteiger partial charge is 0.325 e. The summed E-state index contributed by atoms with van der Waals surface area (Å²) < 4.78 is 0. The van der Waals surface area contributed by atoms with E-state index in [-0.39, 0.29) is 11.4 Å². The fraction of sp³-hybridized carbons (Fsp3) is 0.231. The van der Waals surface area contributed by atoms with Crippen molar-refractivity contribution in [3.05, 3.63) is 34.4 Å². The number of nitrogens with one attached hydrogen (secondary N) is 1.